The maximum atomic E-state index is 12.8. The van der Waals surface area contributed by atoms with Gasteiger partial charge in [-0.1, -0.05) is 18.2 Å². The first-order valence-corrected chi connectivity index (χ1v) is 8.93. The predicted molar refractivity (Wildman–Crippen MR) is 96.6 cm³/mol. The monoisotopic (exact) mass is 345 g/mol. The van der Waals surface area contributed by atoms with Gasteiger partial charge in [0.05, 0.1) is 6.04 Å². The van der Waals surface area contributed by atoms with Gasteiger partial charge in [-0.25, -0.2) is 4.79 Å². The molecule has 25 heavy (non-hydrogen) atoms. The molecule has 0 N–H and O–H groups in total. The fourth-order valence-corrected chi connectivity index (χ4v) is 3.41. The summed E-state index contributed by atoms with van der Waals surface area (Å²) >= 11 is 0. The van der Waals surface area contributed by atoms with E-state index < -0.39 is 5.60 Å². The van der Waals surface area contributed by atoms with Crippen LogP contribution in [0.3, 0.4) is 0 Å². The lowest BCUT2D eigenvalue weighted by molar-refractivity contribution is -0.122. The van der Waals surface area contributed by atoms with Crippen LogP contribution < -0.4 is 4.90 Å². The van der Waals surface area contributed by atoms with Crippen LogP contribution in [0.1, 0.15) is 27.2 Å². The Bertz CT molecular complexity index is 619. The number of anilines is 1. The van der Waals surface area contributed by atoms with Crippen molar-refractivity contribution in [2.75, 3.05) is 37.6 Å². The first-order chi connectivity index (χ1) is 11.8. The molecule has 0 radical (unpaired) electrons. The minimum absolute atomic E-state index is 0.0824. The number of rotatable bonds is 2. The molecule has 2 heterocycles. The fourth-order valence-electron chi connectivity index (χ4n) is 3.41. The zero-order chi connectivity index (χ0) is 18.0. The summed E-state index contributed by atoms with van der Waals surface area (Å²) in [5.74, 6) is 0.164. The molecule has 0 unspecified atom stereocenters. The van der Waals surface area contributed by atoms with Gasteiger partial charge in [-0.2, -0.15) is 0 Å². The lowest BCUT2D eigenvalue weighted by Crippen LogP contribution is -2.54. The molecular formula is C19H27N3O3. The van der Waals surface area contributed by atoms with Crippen molar-refractivity contribution >= 4 is 17.7 Å². The molecule has 6 nitrogen and oxygen atoms in total. The number of hydrogen-bond acceptors (Lipinski definition) is 4. The number of piperazine rings is 1. The van der Waals surface area contributed by atoms with E-state index in [9.17, 15) is 9.59 Å². The average Bonchev–Trinajstić information content (AvgIpc) is 2.96. The quantitative estimate of drug-likeness (QED) is 0.826. The molecule has 1 aromatic rings. The number of carbonyl (C=O) groups excluding carboxylic acids is 2. The summed E-state index contributed by atoms with van der Waals surface area (Å²) in [5.41, 5.74) is 0.480. The number of nitrogens with zero attached hydrogens (tertiary/aromatic N) is 3. The number of hydrogen-bond donors (Lipinski definition) is 0. The van der Waals surface area contributed by atoms with Crippen molar-refractivity contribution in [2.24, 2.45) is 0 Å². The van der Waals surface area contributed by atoms with Crippen molar-refractivity contribution in [2.45, 2.75) is 38.8 Å². The summed E-state index contributed by atoms with van der Waals surface area (Å²) < 4.78 is 5.43. The van der Waals surface area contributed by atoms with Gasteiger partial charge < -0.3 is 14.5 Å². The summed E-state index contributed by atoms with van der Waals surface area (Å²) in [4.78, 5) is 30.7. The first-order valence-electron chi connectivity index (χ1n) is 8.93. The van der Waals surface area contributed by atoms with Crippen LogP contribution in [0, 0.1) is 0 Å². The third-order valence-electron chi connectivity index (χ3n) is 4.65. The van der Waals surface area contributed by atoms with Crippen LogP contribution in [0.4, 0.5) is 10.5 Å². The topological polar surface area (TPSA) is 53.1 Å². The van der Waals surface area contributed by atoms with Crippen LogP contribution >= 0.6 is 0 Å². The van der Waals surface area contributed by atoms with Crippen LogP contribution in [0.15, 0.2) is 30.3 Å². The molecule has 0 aromatic heterocycles. The Balaban J connectivity index is 1.55. The molecule has 0 aliphatic carbocycles. The van der Waals surface area contributed by atoms with Crippen LogP contribution in [0.5, 0.6) is 0 Å². The molecular weight excluding hydrogens is 318 g/mol. The van der Waals surface area contributed by atoms with Crippen molar-refractivity contribution < 1.29 is 14.3 Å². The van der Waals surface area contributed by atoms with Crippen LogP contribution in [-0.4, -0.2) is 66.2 Å². The normalized spacial score (nSPS) is 22.4. The van der Waals surface area contributed by atoms with E-state index in [0.29, 0.717) is 26.2 Å². The van der Waals surface area contributed by atoms with E-state index in [0.717, 1.165) is 18.7 Å². The van der Waals surface area contributed by atoms with E-state index in [1.165, 1.54) is 0 Å². The van der Waals surface area contributed by atoms with Crippen LogP contribution in [0.25, 0.3) is 0 Å². The first kappa shape index (κ1) is 17.7. The molecule has 2 fully saturated rings. The van der Waals surface area contributed by atoms with E-state index in [2.05, 4.69) is 4.90 Å². The second kappa shape index (κ2) is 7.04. The Hall–Kier alpha value is -2.08. The Morgan fingerprint density at radius 3 is 2.28 bits per heavy atom. The second-order valence-corrected chi connectivity index (χ2v) is 7.63. The fraction of sp³-hybridized carbons (Fsp3) is 0.579. The molecule has 2 saturated heterocycles. The van der Waals surface area contributed by atoms with Gasteiger partial charge in [0, 0.05) is 38.4 Å². The second-order valence-electron chi connectivity index (χ2n) is 7.63. The third-order valence-corrected chi connectivity index (χ3v) is 4.65. The average molecular weight is 345 g/mol. The lowest BCUT2D eigenvalue weighted by Gasteiger charge is -2.37. The summed E-state index contributed by atoms with van der Waals surface area (Å²) in [6, 6.07) is 9.73. The van der Waals surface area contributed by atoms with Gasteiger partial charge in [0.2, 0.25) is 5.91 Å². The predicted octanol–water partition coefficient (Wildman–Crippen LogP) is 2.34. The summed E-state index contributed by atoms with van der Waals surface area (Å²) in [6.45, 7) is 8.98. The van der Waals surface area contributed by atoms with Crippen molar-refractivity contribution in [1.82, 2.24) is 9.80 Å². The summed E-state index contributed by atoms with van der Waals surface area (Å²) in [7, 11) is 0. The summed E-state index contributed by atoms with van der Waals surface area (Å²) in [5, 5.41) is 0. The van der Waals surface area contributed by atoms with Gasteiger partial charge in [-0.3, -0.25) is 9.69 Å². The highest BCUT2D eigenvalue weighted by Crippen LogP contribution is 2.25. The third kappa shape index (κ3) is 4.12. The van der Waals surface area contributed by atoms with Gasteiger partial charge in [-0.05, 0) is 39.3 Å². The number of para-hydroxylation sites is 1. The lowest BCUT2D eigenvalue weighted by atomic mass is 10.2. The van der Waals surface area contributed by atoms with E-state index in [-0.39, 0.29) is 18.0 Å². The number of carbonyl (C=O) groups is 2. The minimum atomic E-state index is -0.480. The van der Waals surface area contributed by atoms with Gasteiger partial charge in [0.25, 0.3) is 0 Å². The molecule has 2 aliphatic rings. The largest absolute Gasteiger partial charge is 0.444 e. The zero-order valence-electron chi connectivity index (χ0n) is 15.3. The minimum Gasteiger partial charge on any atom is -0.444 e. The molecule has 0 bridgehead atoms. The van der Waals surface area contributed by atoms with E-state index in [4.69, 9.17) is 4.74 Å². The van der Waals surface area contributed by atoms with E-state index in [1.807, 2.05) is 56.0 Å². The SMILES string of the molecule is CC(C)(C)OC(=O)N1CCN([C@@H]2CCN(c3ccccc3)C2=O)CC1. The molecule has 3 rings (SSSR count). The van der Waals surface area contributed by atoms with Crippen molar-refractivity contribution in [3.63, 3.8) is 0 Å². The maximum Gasteiger partial charge on any atom is 0.410 e. The number of ether oxygens (including phenoxy) is 1. The highest BCUT2D eigenvalue weighted by molar-refractivity contribution is 5.99. The Labute approximate surface area is 149 Å². The molecule has 1 aromatic carbocycles. The van der Waals surface area contributed by atoms with E-state index in [1.54, 1.807) is 4.90 Å². The summed E-state index contributed by atoms with van der Waals surface area (Å²) in [6.07, 6.45) is 0.566. The Morgan fingerprint density at radius 2 is 1.68 bits per heavy atom. The molecule has 2 aliphatic heterocycles. The number of amides is 2. The zero-order valence-corrected chi connectivity index (χ0v) is 15.3. The highest BCUT2D eigenvalue weighted by Gasteiger charge is 2.38. The van der Waals surface area contributed by atoms with Crippen molar-refractivity contribution in [3.8, 4) is 0 Å². The Morgan fingerprint density at radius 1 is 1.04 bits per heavy atom. The van der Waals surface area contributed by atoms with Gasteiger partial charge in [0.1, 0.15) is 5.60 Å². The molecule has 0 saturated carbocycles. The van der Waals surface area contributed by atoms with E-state index >= 15 is 0 Å². The maximum absolute atomic E-state index is 12.8. The highest BCUT2D eigenvalue weighted by atomic mass is 16.6. The molecule has 136 valence electrons. The van der Waals surface area contributed by atoms with Crippen molar-refractivity contribution in [1.29, 1.82) is 0 Å². The van der Waals surface area contributed by atoms with Crippen molar-refractivity contribution in [3.05, 3.63) is 30.3 Å². The van der Waals surface area contributed by atoms with Gasteiger partial charge in [0.15, 0.2) is 0 Å². The smallest absolute Gasteiger partial charge is 0.410 e. The molecule has 2 amide bonds. The molecule has 0 spiro atoms. The molecule has 1 atom stereocenters. The standard InChI is InChI=1S/C19H27N3O3/c1-19(2,3)25-18(24)21-13-11-20(12-14-21)16-9-10-22(17(16)23)15-7-5-4-6-8-15/h4-8,16H,9-14H2,1-3H3/t16-/m1/s1. The van der Waals surface area contributed by atoms with Crippen LogP contribution in [0.2, 0.25) is 0 Å². The number of benzene rings is 1. The van der Waals surface area contributed by atoms with Gasteiger partial charge in [-0.15, -0.1) is 0 Å². The van der Waals surface area contributed by atoms with Crippen LogP contribution in [-0.2, 0) is 9.53 Å². The Kier molecular flexibility index (Phi) is 4.99. The van der Waals surface area contributed by atoms with Gasteiger partial charge >= 0.3 is 6.09 Å². The molecule has 6 heteroatoms.